The molecular formula is C42H60O13. The molecule has 11 fully saturated rings. The average molecular weight is 773 g/mol. The molecule has 2 N–H and O–H groups in total. The van der Waals surface area contributed by atoms with Crippen molar-refractivity contribution in [2.75, 3.05) is 6.61 Å². The number of carbonyl (C=O) groups excluding carboxylic acids is 1. The average Bonchev–Trinajstić information content (AvgIpc) is 3.74. The van der Waals surface area contributed by atoms with Crippen LogP contribution in [0.4, 0.5) is 0 Å². The van der Waals surface area contributed by atoms with Crippen molar-refractivity contribution in [1.82, 2.24) is 0 Å². The Morgan fingerprint density at radius 1 is 0.673 bits per heavy atom. The highest BCUT2D eigenvalue weighted by Gasteiger charge is 2.69. The van der Waals surface area contributed by atoms with E-state index >= 15 is 0 Å². The number of esters is 1. The Balaban J connectivity index is 0.934. The second-order valence-corrected chi connectivity index (χ2v) is 18.5. The molecule has 55 heavy (non-hydrogen) atoms. The highest BCUT2D eigenvalue weighted by molar-refractivity contribution is 5.70. The van der Waals surface area contributed by atoms with Gasteiger partial charge in [-0.1, -0.05) is 27.0 Å². The van der Waals surface area contributed by atoms with Crippen molar-refractivity contribution in [3.8, 4) is 0 Å². The van der Waals surface area contributed by atoms with Crippen LogP contribution in [0, 0.1) is 11.8 Å². The Kier molecular flexibility index (Phi) is 10.1. The maximum atomic E-state index is 14.0. The summed E-state index contributed by atoms with van der Waals surface area (Å²) in [6, 6.07) is 0. The molecule has 12 bridgehead atoms. The minimum Gasteiger partial charge on any atom is -0.459 e. The van der Waals surface area contributed by atoms with Crippen LogP contribution in [0.2, 0.25) is 0 Å². The molecule has 11 aliphatic rings. The van der Waals surface area contributed by atoms with Crippen LogP contribution in [0.25, 0.3) is 0 Å². The van der Waals surface area contributed by atoms with E-state index in [1.165, 1.54) is 0 Å². The quantitative estimate of drug-likeness (QED) is 0.312. The Hall–Kier alpha value is -1.49. The molecule has 0 radical (unpaired) electrons. The lowest BCUT2D eigenvalue weighted by Crippen LogP contribution is -2.62. The molecule has 11 saturated heterocycles. The van der Waals surface area contributed by atoms with Gasteiger partial charge in [0.1, 0.15) is 36.6 Å². The molecule has 1 spiro atoms. The van der Waals surface area contributed by atoms with Crippen LogP contribution >= 0.6 is 0 Å². The molecule has 13 nitrogen and oxygen atoms in total. The van der Waals surface area contributed by atoms with Crippen LogP contribution in [-0.2, 0) is 52.2 Å². The fraction of sp³-hybridized carbons (Fsp3) is 0.881. The zero-order valence-electron chi connectivity index (χ0n) is 32.2. The first-order valence-electron chi connectivity index (χ1n) is 21.3. The van der Waals surface area contributed by atoms with Gasteiger partial charge < -0.3 is 57.6 Å². The highest BCUT2D eigenvalue weighted by Crippen LogP contribution is 2.54. The van der Waals surface area contributed by atoms with E-state index in [0.29, 0.717) is 38.5 Å². The first-order valence-corrected chi connectivity index (χ1v) is 21.3. The summed E-state index contributed by atoms with van der Waals surface area (Å²) in [4.78, 5) is 14.0. The summed E-state index contributed by atoms with van der Waals surface area (Å²) in [6.07, 6.45) is 2.38. The van der Waals surface area contributed by atoms with Crippen molar-refractivity contribution in [2.45, 2.75) is 213 Å². The van der Waals surface area contributed by atoms with Gasteiger partial charge in [-0.2, -0.15) is 0 Å². The number of fused-ring (bicyclic) bond motifs is 7. The van der Waals surface area contributed by atoms with Gasteiger partial charge in [0.15, 0.2) is 5.79 Å². The normalized spacial score (nSPS) is 54.9. The number of hydrogen-bond acceptors (Lipinski definition) is 13. The third-order valence-corrected chi connectivity index (χ3v) is 14.8. The van der Waals surface area contributed by atoms with Gasteiger partial charge in [-0.05, 0) is 68.4 Å². The lowest BCUT2D eigenvalue weighted by molar-refractivity contribution is -0.293. The predicted octanol–water partition coefficient (Wildman–Crippen LogP) is 3.59. The van der Waals surface area contributed by atoms with Crippen molar-refractivity contribution < 1.29 is 62.4 Å². The van der Waals surface area contributed by atoms with Crippen LogP contribution in [0.15, 0.2) is 24.3 Å². The molecule has 0 aromatic carbocycles. The molecule has 11 heterocycles. The molecule has 0 aliphatic carbocycles. The fourth-order valence-electron chi connectivity index (χ4n) is 11.9. The number of hydrogen-bond donors (Lipinski definition) is 2. The summed E-state index contributed by atoms with van der Waals surface area (Å²) in [6.45, 7) is 13.1. The molecule has 12 unspecified atom stereocenters. The van der Waals surface area contributed by atoms with Crippen molar-refractivity contribution in [3.63, 3.8) is 0 Å². The molecule has 0 amide bonds. The second-order valence-electron chi connectivity index (χ2n) is 18.5. The van der Waals surface area contributed by atoms with Gasteiger partial charge in [0.25, 0.3) is 0 Å². The van der Waals surface area contributed by atoms with Crippen LogP contribution in [0.1, 0.15) is 97.3 Å². The lowest BCUT2D eigenvalue weighted by Gasteiger charge is -2.51. The zero-order valence-corrected chi connectivity index (χ0v) is 32.2. The number of rotatable bonds is 2. The second kappa shape index (κ2) is 14.7. The van der Waals surface area contributed by atoms with Gasteiger partial charge in [0.2, 0.25) is 0 Å². The molecule has 0 aromatic heterocycles. The van der Waals surface area contributed by atoms with Gasteiger partial charge in [0.05, 0.1) is 79.7 Å². The SMILES string of the molecule is C=C1CC2CC[C@@]34CC5OC6C(O3)[C@H]3O[C@H](CCC3O[C@H]6C5O4)CC(=O)OC3C(C[C@H]4OC(CC[C@@H]1O2)CC(C)C4=C)O[C@H]1CC(O)C(CCO)O[C@H]1[C@@H]3C. The molecule has 306 valence electrons. The van der Waals surface area contributed by atoms with Crippen molar-refractivity contribution in [3.05, 3.63) is 24.3 Å². The zero-order chi connectivity index (χ0) is 37.7. The summed E-state index contributed by atoms with van der Waals surface area (Å²) < 4.78 is 66.9. The molecule has 0 saturated carbocycles. The topological polar surface area (TPSA) is 150 Å². The number of aliphatic hydroxyl groups is 2. The third-order valence-electron chi connectivity index (χ3n) is 14.8. The largest absolute Gasteiger partial charge is 0.459 e. The van der Waals surface area contributed by atoms with Crippen LogP contribution in [-0.4, -0.2) is 138 Å². The maximum absolute atomic E-state index is 14.0. The van der Waals surface area contributed by atoms with Crippen LogP contribution in [0.5, 0.6) is 0 Å². The van der Waals surface area contributed by atoms with E-state index in [0.717, 1.165) is 49.7 Å². The third kappa shape index (κ3) is 6.79. The molecule has 11 rings (SSSR count). The Labute approximate surface area is 323 Å². The van der Waals surface area contributed by atoms with Gasteiger partial charge >= 0.3 is 5.97 Å². The predicted molar refractivity (Wildman–Crippen MR) is 193 cm³/mol. The molecule has 11 aliphatic heterocycles. The summed E-state index contributed by atoms with van der Waals surface area (Å²) in [5, 5.41) is 20.6. The Bertz CT molecular complexity index is 1490. The number of carbonyl (C=O) groups is 1. The van der Waals surface area contributed by atoms with E-state index in [-0.39, 0.29) is 98.0 Å². The summed E-state index contributed by atoms with van der Waals surface area (Å²) in [5.74, 6) is -1.18. The lowest BCUT2D eigenvalue weighted by atomic mass is 9.79. The van der Waals surface area contributed by atoms with Crippen molar-refractivity contribution in [2.24, 2.45) is 11.8 Å². The van der Waals surface area contributed by atoms with Crippen molar-refractivity contribution in [1.29, 1.82) is 0 Å². The monoisotopic (exact) mass is 772 g/mol. The summed E-state index contributed by atoms with van der Waals surface area (Å²) >= 11 is 0. The van der Waals surface area contributed by atoms with Gasteiger partial charge in [-0.15, -0.1) is 0 Å². The van der Waals surface area contributed by atoms with E-state index in [4.69, 9.17) is 47.4 Å². The van der Waals surface area contributed by atoms with E-state index in [9.17, 15) is 15.0 Å². The van der Waals surface area contributed by atoms with Crippen LogP contribution in [0.3, 0.4) is 0 Å². The van der Waals surface area contributed by atoms with Crippen LogP contribution < -0.4 is 0 Å². The Morgan fingerprint density at radius 2 is 1.42 bits per heavy atom. The summed E-state index contributed by atoms with van der Waals surface area (Å²) in [5.41, 5.74) is 2.14. The highest BCUT2D eigenvalue weighted by atomic mass is 16.8. The summed E-state index contributed by atoms with van der Waals surface area (Å²) in [7, 11) is 0. The number of ether oxygens (including phenoxy) is 10. The minimum atomic E-state index is -0.808. The fourth-order valence-corrected chi connectivity index (χ4v) is 11.9. The standard InChI is InChI=1S/C42H60O13/c1-19-13-23-5-7-27-20(2)14-25(46-27)9-11-42-18-33-38(54-42)39-40(52-33)41(55-42)37-29(51-39)8-6-24(48-37)15-34(45)53-36-22(4)35-31(16-26(44)28(50-35)10-12-43)49-32(36)17-30(47-23)21(19)3/h19,22-33,35-41,43-44H,2-3,5-18H2,1,4H3/t19?,22-,23?,24+,25?,26?,27-,28?,29?,30+,31-,32?,33?,35-,36?,37-,38?,39-,40?,41?,42-/m0/s1. The maximum Gasteiger partial charge on any atom is 0.308 e. The first kappa shape index (κ1) is 37.8. The molecular weight excluding hydrogens is 712 g/mol. The smallest absolute Gasteiger partial charge is 0.308 e. The van der Waals surface area contributed by atoms with Gasteiger partial charge in [-0.25, -0.2) is 0 Å². The minimum absolute atomic E-state index is 0.00281. The molecule has 21 atom stereocenters. The number of aliphatic hydroxyl groups excluding tert-OH is 2. The van der Waals surface area contributed by atoms with E-state index in [2.05, 4.69) is 20.1 Å². The van der Waals surface area contributed by atoms with E-state index in [1.807, 2.05) is 6.92 Å². The van der Waals surface area contributed by atoms with E-state index in [1.54, 1.807) is 0 Å². The van der Waals surface area contributed by atoms with Crippen molar-refractivity contribution >= 4 is 5.97 Å². The van der Waals surface area contributed by atoms with Gasteiger partial charge in [0, 0.05) is 38.2 Å². The molecule has 13 heteroatoms. The Morgan fingerprint density at radius 3 is 2.27 bits per heavy atom. The molecule has 0 aromatic rings. The first-order chi connectivity index (χ1) is 26.5. The van der Waals surface area contributed by atoms with Gasteiger partial charge in [-0.3, -0.25) is 4.79 Å². The van der Waals surface area contributed by atoms with E-state index < -0.39 is 48.5 Å².